The van der Waals surface area contributed by atoms with Crippen molar-refractivity contribution in [1.29, 1.82) is 0 Å². The summed E-state index contributed by atoms with van der Waals surface area (Å²) in [7, 11) is -2.02. The number of hydrogen-bond donors (Lipinski definition) is 7. The summed E-state index contributed by atoms with van der Waals surface area (Å²) in [6.07, 6.45) is 15.3. The maximum atomic E-state index is 11.3. The summed E-state index contributed by atoms with van der Waals surface area (Å²) < 4.78 is 148. The van der Waals surface area contributed by atoms with Crippen LogP contribution in [0.2, 0.25) is 0 Å². The molecule has 0 saturated carbocycles. The van der Waals surface area contributed by atoms with Gasteiger partial charge in [0.25, 0.3) is 30.6 Å². The first-order valence-electron chi connectivity index (χ1n) is 35.3. The molecule has 0 aliphatic rings. The number of methoxy groups -OCH3 is 8. The lowest BCUT2D eigenvalue weighted by molar-refractivity contribution is 0.356. The fourth-order valence-electron chi connectivity index (χ4n) is 13.6. The van der Waals surface area contributed by atoms with Gasteiger partial charge in [0.2, 0.25) is 10.0 Å². The van der Waals surface area contributed by atoms with Crippen molar-refractivity contribution < 1.29 is 71.6 Å². The summed E-state index contributed by atoms with van der Waals surface area (Å²) in [5, 5.41) is 27.9. The van der Waals surface area contributed by atoms with Crippen LogP contribution in [-0.2, 0) is 66.0 Å². The van der Waals surface area contributed by atoms with E-state index in [2.05, 4.69) is 54.0 Å². The van der Waals surface area contributed by atoms with Crippen molar-refractivity contribution in [2.24, 2.45) is 20.6 Å². The molecule has 0 aliphatic carbocycles. The topological polar surface area (TPSA) is 422 Å². The largest absolute Gasteiger partial charge is 0.493 e. The average Bonchev–Trinajstić information content (AvgIpc) is 1.58. The normalized spacial score (nSPS) is 11.8. The van der Waals surface area contributed by atoms with E-state index in [-0.39, 0.29) is 18.8 Å². The molecule has 0 bridgehead atoms. The van der Waals surface area contributed by atoms with Crippen LogP contribution in [0.5, 0.6) is 46.0 Å². The highest BCUT2D eigenvalue weighted by Gasteiger charge is 2.21. The number of aromatic nitrogens is 8. The molecule has 35 heteroatoms. The van der Waals surface area contributed by atoms with Gasteiger partial charge in [-0.15, -0.1) is 0 Å². The van der Waals surface area contributed by atoms with E-state index in [9.17, 15) is 33.7 Å². The van der Waals surface area contributed by atoms with Crippen molar-refractivity contribution in [2.45, 2.75) is 32.3 Å². The van der Waals surface area contributed by atoms with Gasteiger partial charge < -0.3 is 56.2 Å². The lowest BCUT2D eigenvalue weighted by Gasteiger charge is -2.12. The first kappa shape index (κ1) is 81.3. The van der Waals surface area contributed by atoms with Crippen molar-refractivity contribution >= 4 is 134 Å². The van der Waals surface area contributed by atoms with Gasteiger partial charge in [-0.1, -0.05) is 48.5 Å². The van der Waals surface area contributed by atoms with Crippen molar-refractivity contribution in [3.63, 3.8) is 0 Å². The number of hydrogen-bond acceptors (Lipinski definition) is 20. The van der Waals surface area contributed by atoms with Crippen LogP contribution in [0.25, 0.3) is 104 Å². The number of pyridine rings is 4. The Morgan fingerprint density at radius 1 is 0.345 bits per heavy atom. The van der Waals surface area contributed by atoms with Gasteiger partial charge in [0.05, 0.1) is 107 Å². The zero-order chi connectivity index (χ0) is 82.5. The molecule has 0 atom stereocenters. The van der Waals surface area contributed by atoms with Crippen LogP contribution in [0.4, 0.5) is 5.69 Å². The minimum absolute atomic E-state index is 0.133. The Bertz CT molecular complexity index is 6870. The lowest BCUT2D eigenvalue weighted by Crippen LogP contribution is -2.30. The highest BCUT2D eigenvalue weighted by atomic mass is 32.2. The zero-order valence-corrected chi connectivity index (χ0v) is 67.4. The first-order valence-corrected chi connectivity index (χ1v) is 41.6. The van der Waals surface area contributed by atoms with Gasteiger partial charge in [0, 0.05) is 159 Å². The molecule has 8 heterocycles. The van der Waals surface area contributed by atoms with Crippen molar-refractivity contribution in [3.8, 4) is 63.1 Å². The summed E-state index contributed by atoms with van der Waals surface area (Å²) in [5.74, 6) is 4.83. The second-order valence-corrected chi connectivity index (χ2v) is 32.2. The van der Waals surface area contributed by atoms with Gasteiger partial charge in [0.15, 0.2) is 46.0 Å². The number of benzene rings is 8. The fourth-order valence-corrected chi connectivity index (χ4v) is 15.4. The number of fused-ring (bicyclic) bond motifs is 12. The Morgan fingerprint density at radius 3 is 1.04 bits per heavy atom. The molecular formula is C81H81N15O16S4. The third-order valence-electron chi connectivity index (χ3n) is 19.0. The molecule has 116 heavy (non-hydrogen) atoms. The van der Waals surface area contributed by atoms with E-state index in [1.165, 1.54) is 0 Å². The second-order valence-electron chi connectivity index (χ2n) is 26.5. The number of primary sulfonamides is 1. The van der Waals surface area contributed by atoms with Gasteiger partial charge in [0.1, 0.15) is 0 Å². The third kappa shape index (κ3) is 18.3. The highest BCUT2D eigenvalue weighted by molar-refractivity contribution is 7.90. The monoisotopic (exact) mass is 1650 g/mol. The maximum Gasteiger partial charge on any atom is 0.296 e. The quantitative estimate of drug-likeness (QED) is 0.0313. The van der Waals surface area contributed by atoms with E-state index in [0.717, 1.165) is 127 Å². The molecule has 0 radical (unpaired) electrons. The number of anilines is 1. The van der Waals surface area contributed by atoms with Gasteiger partial charge in [-0.2, -0.15) is 34.7 Å². The highest BCUT2D eigenvalue weighted by Crippen LogP contribution is 2.41. The molecule has 11 N–H and O–H groups in total. The van der Waals surface area contributed by atoms with Crippen LogP contribution in [0.1, 0.15) is 27.8 Å². The molecule has 0 fully saturated rings. The minimum atomic E-state index is -3.79. The molecule has 16 aromatic rings. The predicted octanol–water partition coefficient (Wildman–Crippen LogP) is 11.1. The molecule has 16 rings (SSSR count). The number of nitrogens with zero attached hydrogens (tertiary/aromatic N) is 8. The summed E-state index contributed by atoms with van der Waals surface area (Å²) in [4.78, 5) is 18.2. The van der Waals surface area contributed by atoms with Crippen LogP contribution in [0.3, 0.4) is 0 Å². The number of ether oxygens (including phenoxy) is 8. The molecular weight excluding hydrogens is 1570 g/mol. The van der Waals surface area contributed by atoms with Gasteiger partial charge in [-0.05, 0) is 126 Å². The Kier molecular flexibility index (Phi) is 23.7. The van der Waals surface area contributed by atoms with Crippen LogP contribution >= 0.6 is 0 Å². The van der Waals surface area contributed by atoms with Crippen molar-refractivity contribution in [1.82, 2.24) is 47.6 Å². The summed E-state index contributed by atoms with van der Waals surface area (Å²) >= 11 is 0. The van der Waals surface area contributed by atoms with E-state index >= 15 is 0 Å². The number of aryl methyl sites for hydroxylation is 1. The fraction of sp³-hybridized carbons (Fsp3) is 0.160. The van der Waals surface area contributed by atoms with E-state index in [0.29, 0.717) is 63.8 Å². The number of nitrogens with two attached hydrogens (primary N) is 4. The Balaban J connectivity index is 0.000000135. The number of nitrogens with one attached hydrogen (secondary N) is 3. The smallest absolute Gasteiger partial charge is 0.296 e. The molecule has 0 saturated heterocycles. The number of sulfonamides is 1. The van der Waals surface area contributed by atoms with Crippen LogP contribution < -0.4 is 72.6 Å². The Morgan fingerprint density at radius 2 is 0.672 bits per heavy atom. The molecule has 600 valence electrons. The predicted molar refractivity (Wildman–Crippen MR) is 449 cm³/mol. The van der Waals surface area contributed by atoms with E-state index in [1.54, 1.807) is 81.1 Å². The minimum Gasteiger partial charge on any atom is -0.493 e. The SMILES string of the molecule is COc1cc2ncc3c(C)cn(-c4ccc(CNS(N)(=O)=O)cc4)c3c2cc1OC.COc1cc2ncc3ccn(-c4ccc(CNS(N)(=O)=O)cc4)c3c2cc1OC.COc1cc2ncc3ccn(-c4ccc(CS(N)(=O)=O)cc4)c3c2cc1OC.COc1cc2ncc3ccn(Cc4ccc(NS(N)(=O)=O)cc4)c3c2cc1OC. The summed E-state index contributed by atoms with van der Waals surface area (Å²) in [6.45, 7) is 2.91. The molecule has 8 aromatic carbocycles. The lowest BCUT2D eigenvalue weighted by atomic mass is 10.1. The van der Waals surface area contributed by atoms with Gasteiger partial charge >= 0.3 is 0 Å². The molecule has 0 unspecified atom stereocenters. The van der Waals surface area contributed by atoms with E-state index in [1.807, 2.05) is 194 Å². The van der Waals surface area contributed by atoms with Gasteiger partial charge in [-0.25, -0.2) is 29.0 Å². The Hall–Kier alpha value is -12.7. The van der Waals surface area contributed by atoms with E-state index < -0.39 is 40.7 Å². The number of rotatable bonds is 23. The van der Waals surface area contributed by atoms with Gasteiger partial charge in [-0.3, -0.25) is 24.7 Å². The summed E-state index contributed by atoms with van der Waals surface area (Å²) in [6, 6.07) is 50.6. The molecule has 0 spiro atoms. The molecule has 31 nitrogen and oxygen atoms in total. The summed E-state index contributed by atoms with van der Waals surface area (Å²) in [5.41, 5.74) is 14.7. The van der Waals surface area contributed by atoms with E-state index in [4.69, 9.17) is 58.5 Å². The average molecular weight is 1650 g/mol. The van der Waals surface area contributed by atoms with Crippen LogP contribution in [-0.4, -0.2) is 129 Å². The maximum absolute atomic E-state index is 11.3. The van der Waals surface area contributed by atoms with Crippen molar-refractivity contribution in [3.05, 3.63) is 241 Å². The molecule has 8 aromatic heterocycles. The standard InChI is InChI=1S/C21H22N4O4S.2C20H20N4O4S.C20H19N3O4S/c1-13-12-25(15-6-4-14(5-7-15)10-24-30(22,26)27)21-16-8-19(28-2)20(29-3)9-18(16)23-11-17(13)21;1-27-18-9-16-17(10-19(18)28-2)22-11-14-7-8-24(20(14)16)12-13-3-5-15(6-4-13)23-29(21,25)26;1-27-18-9-16-17(10-19(18)28-2)22-12-14-7-8-24(20(14)16)15-5-3-13(4-6-15)11-23-29(21,25)26;1-26-18-9-16-17(10-19(18)27-2)22-11-14-7-8-23(20(14)16)15-5-3-13(4-6-15)12-28(21,24)25/h4-9,11-12,24H,10H2,1-3H3,(H2,22,26,27);3-11,23H,12H2,1-2H3,(H2,21,25,26);3-10,12,23H,11H2,1-2H3,(H2,21,25,26);3-11H,12H2,1-2H3,(H2,21,24,25). The first-order chi connectivity index (χ1) is 55.5. The third-order valence-corrected chi connectivity index (χ3v) is 21.3. The Labute approximate surface area is 667 Å². The molecule has 0 amide bonds. The molecule has 0 aliphatic heterocycles. The zero-order valence-electron chi connectivity index (χ0n) is 64.1. The van der Waals surface area contributed by atoms with Crippen LogP contribution in [0.15, 0.2) is 213 Å². The van der Waals surface area contributed by atoms with Crippen LogP contribution in [0, 0.1) is 6.92 Å². The second kappa shape index (κ2) is 33.8. The van der Waals surface area contributed by atoms with Crippen molar-refractivity contribution in [2.75, 3.05) is 61.6 Å².